The van der Waals surface area contributed by atoms with Crippen LogP contribution in [0.2, 0.25) is 5.02 Å². The number of hydrogen-bond donors (Lipinski definition) is 4. The molecule has 0 spiro atoms. The fraction of sp³-hybridized carbons (Fsp3) is 0.394. The molecule has 12 nitrogen and oxygen atoms in total. The molecule has 0 bridgehead atoms. The zero-order valence-corrected chi connectivity index (χ0v) is 28.3. The Morgan fingerprint density at radius 3 is 2.51 bits per heavy atom. The van der Waals surface area contributed by atoms with Crippen LogP contribution in [0.3, 0.4) is 0 Å². The zero-order chi connectivity index (χ0) is 34.7. The number of carbonyl (C=O) groups is 2. The Bertz CT molecular complexity index is 1660. The van der Waals surface area contributed by atoms with E-state index in [1.54, 1.807) is 30.1 Å². The van der Waals surface area contributed by atoms with Gasteiger partial charge in [0.2, 0.25) is 11.9 Å². The third-order valence-corrected chi connectivity index (χ3v) is 7.67. The molecule has 1 fully saturated rings. The van der Waals surface area contributed by atoms with Crippen molar-refractivity contribution in [3.8, 4) is 5.75 Å². The van der Waals surface area contributed by atoms with Crippen LogP contribution < -0.4 is 25.6 Å². The minimum absolute atomic E-state index is 0.117. The summed E-state index contributed by atoms with van der Waals surface area (Å²) in [6, 6.07) is 7.53. The van der Waals surface area contributed by atoms with Crippen molar-refractivity contribution >= 4 is 58.1 Å². The molecule has 4 N–H and O–H groups in total. The monoisotopic (exact) mass is 669 g/mol. The first-order chi connectivity index (χ1) is 22.0. The van der Waals surface area contributed by atoms with Crippen molar-refractivity contribution in [2.75, 3.05) is 48.1 Å². The number of hydrogen-bond acceptors (Lipinski definition) is 10. The molecule has 3 aromatic rings. The van der Waals surface area contributed by atoms with Crippen LogP contribution in [0.4, 0.5) is 43.7 Å². The topological polar surface area (TPSA) is 141 Å². The number of nitrogens with one attached hydrogen (secondary N) is 3. The first kappa shape index (κ1) is 35.2. The molecule has 1 saturated heterocycles. The molecule has 252 valence electrons. The van der Waals surface area contributed by atoms with Crippen molar-refractivity contribution < 1.29 is 28.6 Å². The molecule has 4 rings (SSSR count). The van der Waals surface area contributed by atoms with Gasteiger partial charge in [0, 0.05) is 43.7 Å². The predicted octanol–water partition coefficient (Wildman–Crippen LogP) is 6.56. The highest BCUT2D eigenvalue weighted by Gasteiger charge is 2.32. The molecule has 2 amide bonds. The molecule has 47 heavy (non-hydrogen) atoms. The molecule has 2 heterocycles. The van der Waals surface area contributed by atoms with E-state index >= 15 is 0 Å². The molecule has 1 atom stereocenters. The van der Waals surface area contributed by atoms with Crippen molar-refractivity contribution in [1.29, 1.82) is 0 Å². The maximum Gasteiger partial charge on any atom is 0.410 e. The standard InChI is InChI=1S/C33H41ClFN7O5/c1-9-29(43)38-24-16-25(27(46-8)17-26(24)42-13-11-19(18-42)41(7)31(44)47-32(2,3)4)39-30-36-12-10-28(40-30)37-23-15-21(34)22(35)14-20(23)33(5,6)45/h9-10,12,14-17,19,45H,1,11,13,18H2,2-8H3,(H,38,43)(H2,36,37,39,40)/t19-/m1/s1. The summed E-state index contributed by atoms with van der Waals surface area (Å²) in [5, 5.41) is 19.6. The molecule has 0 aliphatic carbocycles. The van der Waals surface area contributed by atoms with E-state index in [-0.39, 0.29) is 22.6 Å². The smallest absolute Gasteiger partial charge is 0.410 e. The summed E-state index contributed by atoms with van der Waals surface area (Å²) in [4.78, 5) is 37.7. The van der Waals surface area contributed by atoms with E-state index in [1.165, 1.54) is 45.4 Å². The number of rotatable bonds is 10. The Balaban J connectivity index is 1.62. The van der Waals surface area contributed by atoms with E-state index in [9.17, 15) is 19.1 Å². The number of ether oxygens (including phenoxy) is 2. The third-order valence-electron chi connectivity index (χ3n) is 7.38. The molecule has 0 unspecified atom stereocenters. The molecule has 1 aliphatic rings. The summed E-state index contributed by atoms with van der Waals surface area (Å²) < 4.78 is 25.5. The Morgan fingerprint density at radius 1 is 1.15 bits per heavy atom. The predicted molar refractivity (Wildman–Crippen MR) is 182 cm³/mol. The number of carbonyl (C=O) groups excluding carboxylic acids is 2. The average Bonchev–Trinajstić information content (AvgIpc) is 3.47. The van der Waals surface area contributed by atoms with Gasteiger partial charge in [-0.2, -0.15) is 4.98 Å². The van der Waals surface area contributed by atoms with Crippen molar-refractivity contribution in [3.05, 3.63) is 65.6 Å². The Hall–Kier alpha value is -4.62. The molecule has 1 aliphatic heterocycles. The normalized spacial score (nSPS) is 14.8. The van der Waals surface area contributed by atoms with Crippen LogP contribution in [0.15, 0.2) is 49.2 Å². The van der Waals surface area contributed by atoms with Gasteiger partial charge in [-0.3, -0.25) is 4.79 Å². The number of aliphatic hydroxyl groups is 1. The number of methoxy groups -OCH3 is 1. The molecule has 1 aromatic heterocycles. The van der Waals surface area contributed by atoms with E-state index < -0.39 is 29.0 Å². The van der Waals surface area contributed by atoms with Crippen LogP contribution in [0.5, 0.6) is 5.75 Å². The Labute approximate surface area is 278 Å². The molecule has 0 saturated carbocycles. The SMILES string of the molecule is C=CC(=O)Nc1cc(Nc2nccc(Nc3cc(Cl)c(F)cc3C(C)(C)O)n2)c(OC)cc1N1CC[C@@H](N(C)C(=O)OC(C)(C)C)C1. The van der Waals surface area contributed by atoms with E-state index in [0.29, 0.717) is 53.8 Å². The molecular formula is C33H41ClFN7O5. The van der Waals surface area contributed by atoms with Crippen LogP contribution in [-0.2, 0) is 15.1 Å². The molecule has 0 radical (unpaired) electrons. The highest BCUT2D eigenvalue weighted by molar-refractivity contribution is 6.31. The quantitative estimate of drug-likeness (QED) is 0.175. The van der Waals surface area contributed by atoms with Gasteiger partial charge >= 0.3 is 6.09 Å². The minimum atomic E-state index is -1.37. The number of benzene rings is 2. The lowest BCUT2D eigenvalue weighted by atomic mass is 9.96. The summed E-state index contributed by atoms with van der Waals surface area (Å²) >= 11 is 6.04. The number of likely N-dealkylation sites (N-methyl/N-ethyl adjacent to an activating group) is 1. The van der Waals surface area contributed by atoms with Crippen LogP contribution in [0.25, 0.3) is 0 Å². The van der Waals surface area contributed by atoms with Crippen molar-refractivity contribution in [2.24, 2.45) is 0 Å². The number of amides is 2. The van der Waals surface area contributed by atoms with Gasteiger partial charge in [-0.05, 0) is 71.4 Å². The number of anilines is 6. The third kappa shape index (κ3) is 8.80. The minimum Gasteiger partial charge on any atom is -0.494 e. The maximum absolute atomic E-state index is 14.2. The lowest BCUT2D eigenvalue weighted by molar-refractivity contribution is -0.111. The fourth-order valence-corrected chi connectivity index (χ4v) is 5.21. The van der Waals surface area contributed by atoms with Gasteiger partial charge in [0.25, 0.3) is 0 Å². The average molecular weight is 670 g/mol. The fourth-order valence-electron chi connectivity index (χ4n) is 5.04. The molecule has 2 aromatic carbocycles. The van der Waals surface area contributed by atoms with Gasteiger partial charge in [-0.25, -0.2) is 14.2 Å². The van der Waals surface area contributed by atoms with Gasteiger partial charge < -0.3 is 40.3 Å². The highest BCUT2D eigenvalue weighted by Crippen LogP contribution is 2.40. The Kier molecular flexibility index (Phi) is 10.5. The first-order valence-corrected chi connectivity index (χ1v) is 15.3. The lowest BCUT2D eigenvalue weighted by Gasteiger charge is -2.29. The summed E-state index contributed by atoms with van der Waals surface area (Å²) in [6.45, 7) is 13.2. The van der Waals surface area contributed by atoms with E-state index in [0.717, 1.165) is 0 Å². The van der Waals surface area contributed by atoms with Gasteiger partial charge in [0.1, 0.15) is 23.0 Å². The summed E-state index contributed by atoms with van der Waals surface area (Å²) in [6.07, 6.45) is 2.97. The number of halogens is 2. The summed E-state index contributed by atoms with van der Waals surface area (Å²) in [7, 11) is 3.24. The first-order valence-electron chi connectivity index (χ1n) is 14.9. The molecular weight excluding hydrogens is 629 g/mol. The van der Waals surface area contributed by atoms with Gasteiger partial charge in [0.15, 0.2) is 0 Å². The lowest BCUT2D eigenvalue weighted by Crippen LogP contribution is -2.42. The van der Waals surface area contributed by atoms with E-state index in [2.05, 4.69) is 37.4 Å². The van der Waals surface area contributed by atoms with E-state index in [4.69, 9.17) is 21.1 Å². The summed E-state index contributed by atoms with van der Waals surface area (Å²) in [5.41, 5.74) is 0.283. The van der Waals surface area contributed by atoms with Gasteiger partial charge in [0.05, 0.1) is 40.8 Å². The van der Waals surface area contributed by atoms with Crippen LogP contribution >= 0.6 is 11.6 Å². The molecule has 14 heteroatoms. The largest absolute Gasteiger partial charge is 0.494 e. The van der Waals surface area contributed by atoms with Crippen molar-refractivity contribution in [1.82, 2.24) is 14.9 Å². The zero-order valence-electron chi connectivity index (χ0n) is 27.6. The second-order valence-corrected chi connectivity index (χ2v) is 13.0. The van der Waals surface area contributed by atoms with Gasteiger partial charge in [-0.1, -0.05) is 18.2 Å². The summed E-state index contributed by atoms with van der Waals surface area (Å²) in [5.74, 6) is -0.109. The van der Waals surface area contributed by atoms with Crippen LogP contribution in [-0.4, -0.2) is 70.9 Å². The van der Waals surface area contributed by atoms with E-state index in [1.807, 2.05) is 20.8 Å². The van der Waals surface area contributed by atoms with Crippen LogP contribution in [0.1, 0.15) is 46.6 Å². The van der Waals surface area contributed by atoms with Crippen molar-refractivity contribution in [2.45, 2.75) is 58.3 Å². The van der Waals surface area contributed by atoms with Crippen molar-refractivity contribution in [3.63, 3.8) is 0 Å². The number of aromatic nitrogens is 2. The second-order valence-electron chi connectivity index (χ2n) is 12.6. The Morgan fingerprint density at radius 2 is 1.87 bits per heavy atom. The van der Waals surface area contributed by atoms with Crippen LogP contribution in [0, 0.1) is 5.82 Å². The maximum atomic E-state index is 14.2. The van der Waals surface area contributed by atoms with Gasteiger partial charge in [-0.15, -0.1) is 0 Å². The highest BCUT2D eigenvalue weighted by atomic mass is 35.5. The number of nitrogens with zero attached hydrogens (tertiary/aromatic N) is 4. The second kappa shape index (κ2) is 14.0.